The molecular weight excluding hydrogens is 193 g/mol. The van der Waals surface area contributed by atoms with Crippen LogP contribution in [0, 0.1) is 5.82 Å². The molecule has 0 saturated carbocycles. The van der Waals surface area contributed by atoms with Gasteiger partial charge in [0.2, 0.25) is 0 Å². The summed E-state index contributed by atoms with van der Waals surface area (Å²) >= 11 is 0. The van der Waals surface area contributed by atoms with Gasteiger partial charge < -0.3 is 10.1 Å². The minimum Gasteiger partial charge on any atom is -0.383 e. The maximum absolute atomic E-state index is 12.6. The molecule has 0 aliphatic carbocycles. The normalized spacial score (nSPS) is 12.7. The monoisotopic (exact) mass is 211 g/mol. The maximum Gasteiger partial charge on any atom is 0.123 e. The molecule has 0 saturated heterocycles. The first-order valence-electron chi connectivity index (χ1n) is 5.19. The van der Waals surface area contributed by atoms with Gasteiger partial charge in [-0.3, -0.25) is 0 Å². The van der Waals surface area contributed by atoms with Crippen molar-refractivity contribution in [1.82, 2.24) is 5.32 Å². The van der Waals surface area contributed by atoms with E-state index in [-0.39, 0.29) is 5.82 Å². The SMILES string of the molecule is COCC(C)NCCc1ccc(F)cc1. The lowest BCUT2D eigenvalue weighted by molar-refractivity contribution is 0.172. The number of ether oxygens (including phenoxy) is 1. The lowest BCUT2D eigenvalue weighted by atomic mass is 10.1. The quantitative estimate of drug-likeness (QED) is 0.777. The molecule has 0 heterocycles. The molecule has 0 radical (unpaired) electrons. The molecule has 0 spiro atoms. The van der Waals surface area contributed by atoms with Crippen LogP contribution in [-0.4, -0.2) is 26.3 Å². The van der Waals surface area contributed by atoms with E-state index in [0.29, 0.717) is 12.6 Å². The Kier molecular flexibility index (Phi) is 5.29. The van der Waals surface area contributed by atoms with E-state index in [0.717, 1.165) is 18.5 Å². The van der Waals surface area contributed by atoms with E-state index in [9.17, 15) is 4.39 Å². The van der Waals surface area contributed by atoms with E-state index < -0.39 is 0 Å². The molecule has 0 aromatic heterocycles. The van der Waals surface area contributed by atoms with E-state index in [1.54, 1.807) is 7.11 Å². The zero-order valence-corrected chi connectivity index (χ0v) is 9.29. The fraction of sp³-hybridized carbons (Fsp3) is 0.500. The summed E-state index contributed by atoms with van der Waals surface area (Å²) in [5.41, 5.74) is 1.15. The zero-order valence-electron chi connectivity index (χ0n) is 9.29. The molecule has 1 unspecified atom stereocenters. The van der Waals surface area contributed by atoms with Crippen molar-refractivity contribution < 1.29 is 9.13 Å². The first-order chi connectivity index (χ1) is 7.22. The number of nitrogens with one attached hydrogen (secondary N) is 1. The molecule has 1 aromatic carbocycles. The Morgan fingerprint density at radius 2 is 2.00 bits per heavy atom. The number of benzene rings is 1. The largest absolute Gasteiger partial charge is 0.383 e. The molecule has 3 heteroatoms. The fourth-order valence-electron chi connectivity index (χ4n) is 1.42. The molecule has 0 fully saturated rings. The van der Waals surface area contributed by atoms with E-state index >= 15 is 0 Å². The first-order valence-corrected chi connectivity index (χ1v) is 5.19. The van der Waals surface area contributed by atoms with Gasteiger partial charge in [-0.15, -0.1) is 0 Å². The molecule has 1 aromatic rings. The highest BCUT2D eigenvalue weighted by Gasteiger charge is 1.99. The van der Waals surface area contributed by atoms with Crippen molar-refractivity contribution in [3.63, 3.8) is 0 Å². The molecule has 0 aliphatic heterocycles. The minimum atomic E-state index is -0.181. The number of rotatable bonds is 6. The maximum atomic E-state index is 12.6. The van der Waals surface area contributed by atoms with Gasteiger partial charge in [0, 0.05) is 13.2 Å². The summed E-state index contributed by atoms with van der Waals surface area (Å²) in [6, 6.07) is 6.98. The Bertz CT molecular complexity index is 273. The second-order valence-electron chi connectivity index (χ2n) is 3.69. The molecule has 15 heavy (non-hydrogen) atoms. The van der Waals surface area contributed by atoms with E-state index in [4.69, 9.17) is 4.74 Å². The summed E-state index contributed by atoms with van der Waals surface area (Å²) in [6.07, 6.45) is 0.911. The molecular formula is C12H18FNO. The lowest BCUT2D eigenvalue weighted by Crippen LogP contribution is -2.31. The van der Waals surface area contributed by atoms with Gasteiger partial charge in [-0.05, 0) is 37.6 Å². The molecule has 1 N–H and O–H groups in total. The molecule has 2 nitrogen and oxygen atoms in total. The summed E-state index contributed by atoms with van der Waals surface area (Å²) in [7, 11) is 1.69. The van der Waals surface area contributed by atoms with Crippen LogP contribution >= 0.6 is 0 Å². The summed E-state index contributed by atoms with van der Waals surface area (Å²) in [6.45, 7) is 3.67. The number of hydrogen-bond acceptors (Lipinski definition) is 2. The highest BCUT2D eigenvalue weighted by molar-refractivity contribution is 5.16. The number of halogens is 1. The third-order valence-corrected chi connectivity index (χ3v) is 2.24. The second-order valence-corrected chi connectivity index (χ2v) is 3.69. The van der Waals surface area contributed by atoms with Crippen LogP contribution in [-0.2, 0) is 11.2 Å². The molecule has 84 valence electrons. The topological polar surface area (TPSA) is 21.3 Å². The van der Waals surface area contributed by atoms with E-state index in [1.807, 2.05) is 12.1 Å². The van der Waals surface area contributed by atoms with Crippen LogP contribution in [0.2, 0.25) is 0 Å². The summed E-state index contributed by atoms with van der Waals surface area (Å²) < 4.78 is 17.6. The van der Waals surface area contributed by atoms with Gasteiger partial charge in [0.25, 0.3) is 0 Å². The van der Waals surface area contributed by atoms with Crippen molar-refractivity contribution >= 4 is 0 Å². The Morgan fingerprint density at radius 3 is 2.60 bits per heavy atom. The summed E-state index contributed by atoms with van der Waals surface area (Å²) in [5, 5.41) is 3.33. The van der Waals surface area contributed by atoms with Gasteiger partial charge >= 0.3 is 0 Å². The van der Waals surface area contributed by atoms with Gasteiger partial charge in [0.05, 0.1) is 6.61 Å². The van der Waals surface area contributed by atoms with Crippen LogP contribution in [0.15, 0.2) is 24.3 Å². The van der Waals surface area contributed by atoms with Gasteiger partial charge in [0.1, 0.15) is 5.82 Å². The lowest BCUT2D eigenvalue weighted by Gasteiger charge is -2.12. The molecule has 1 rings (SSSR count). The summed E-state index contributed by atoms with van der Waals surface area (Å²) in [4.78, 5) is 0. The van der Waals surface area contributed by atoms with Crippen molar-refractivity contribution in [3.8, 4) is 0 Å². The third-order valence-electron chi connectivity index (χ3n) is 2.24. The van der Waals surface area contributed by atoms with Crippen molar-refractivity contribution in [2.75, 3.05) is 20.3 Å². The van der Waals surface area contributed by atoms with Gasteiger partial charge in [-0.25, -0.2) is 4.39 Å². The van der Waals surface area contributed by atoms with Crippen LogP contribution in [0.25, 0.3) is 0 Å². The first kappa shape index (κ1) is 12.1. The fourth-order valence-corrected chi connectivity index (χ4v) is 1.42. The third kappa shape index (κ3) is 4.91. The summed E-state index contributed by atoms with van der Waals surface area (Å²) in [5.74, 6) is -0.181. The van der Waals surface area contributed by atoms with Gasteiger partial charge in [-0.2, -0.15) is 0 Å². The standard InChI is InChI=1S/C12H18FNO/c1-10(9-15-2)14-8-7-11-3-5-12(13)6-4-11/h3-6,10,14H,7-9H2,1-2H3. The molecule has 0 bridgehead atoms. The van der Waals surface area contributed by atoms with Gasteiger partial charge in [-0.1, -0.05) is 12.1 Å². The van der Waals surface area contributed by atoms with Crippen LogP contribution < -0.4 is 5.32 Å². The average molecular weight is 211 g/mol. The molecule has 0 aliphatic rings. The van der Waals surface area contributed by atoms with Crippen LogP contribution in [0.3, 0.4) is 0 Å². The Hall–Kier alpha value is -0.930. The Labute approximate surface area is 90.4 Å². The van der Waals surface area contributed by atoms with Gasteiger partial charge in [0.15, 0.2) is 0 Å². The van der Waals surface area contributed by atoms with Crippen molar-refractivity contribution in [2.45, 2.75) is 19.4 Å². The van der Waals surface area contributed by atoms with Crippen molar-refractivity contribution in [3.05, 3.63) is 35.6 Å². The van der Waals surface area contributed by atoms with Crippen LogP contribution in [0.1, 0.15) is 12.5 Å². The minimum absolute atomic E-state index is 0.181. The Balaban J connectivity index is 2.22. The smallest absolute Gasteiger partial charge is 0.123 e. The van der Waals surface area contributed by atoms with E-state index in [1.165, 1.54) is 12.1 Å². The number of methoxy groups -OCH3 is 1. The average Bonchev–Trinajstić information content (AvgIpc) is 2.21. The number of hydrogen-bond donors (Lipinski definition) is 1. The van der Waals surface area contributed by atoms with Crippen LogP contribution in [0.4, 0.5) is 4.39 Å². The van der Waals surface area contributed by atoms with E-state index in [2.05, 4.69) is 12.2 Å². The highest BCUT2D eigenvalue weighted by Crippen LogP contribution is 2.02. The molecule has 1 atom stereocenters. The highest BCUT2D eigenvalue weighted by atomic mass is 19.1. The predicted molar refractivity (Wildman–Crippen MR) is 59.4 cm³/mol. The second kappa shape index (κ2) is 6.53. The zero-order chi connectivity index (χ0) is 11.1. The van der Waals surface area contributed by atoms with Crippen LogP contribution in [0.5, 0.6) is 0 Å². The molecule has 0 amide bonds. The predicted octanol–water partition coefficient (Wildman–Crippen LogP) is 1.99. The van der Waals surface area contributed by atoms with Crippen molar-refractivity contribution in [1.29, 1.82) is 0 Å². The van der Waals surface area contributed by atoms with Crippen molar-refractivity contribution in [2.24, 2.45) is 0 Å². The Morgan fingerprint density at radius 1 is 1.33 bits per heavy atom.